The molecule has 0 atom stereocenters. The third-order valence-corrected chi connectivity index (χ3v) is 7.49. The Kier molecular flexibility index (Phi) is 6.82. The van der Waals surface area contributed by atoms with E-state index in [1.807, 2.05) is 31.2 Å². The van der Waals surface area contributed by atoms with Gasteiger partial charge in [0.15, 0.2) is 5.65 Å². The summed E-state index contributed by atoms with van der Waals surface area (Å²) in [5, 5.41) is 0. The molecular formula is C31H29FN6O3. The zero-order chi connectivity index (χ0) is 28.7. The molecule has 0 spiro atoms. The van der Waals surface area contributed by atoms with Crippen molar-refractivity contribution in [2.24, 2.45) is 5.92 Å². The predicted molar refractivity (Wildman–Crippen MR) is 154 cm³/mol. The van der Waals surface area contributed by atoms with Crippen LogP contribution in [-0.4, -0.2) is 37.0 Å². The van der Waals surface area contributed by atoms with Crippen LogP contribution in [0.25, 0.3) is 11.2 Å². The Morgan fingerprint density at radius 2 is 1.80 bits per heavy atom. The Morgan fingerprint density at radius 3 is 2.49 bits per heavy atom. The lowest BCUT2D eigenvalue weighted by atomic mass is 10.1. The molecule has 208 valence electrons. The second-order valence-corrected chi connectivity index (χ2v) is 10.6. The van der Waals surface area contributed by atoms with Crippen molar-refractivity contribution in [3.05, 3.63) is 122 Å². The van der Waals surface area contributed by atoms with E-state index in [-0.39, 0.29) is 23.5 Å². The van der Waals surface area contributed by atoms with Gasteiger partial charge < -0.3 is 9.88 Å². The van der Waals surface area contributed by atoms with E-state index in [0.717, 1.165) is 34.4 Å². The SMILES string of the molecule is Cc1ccc(C(=O)N(C)c2ccc(Cc3nc4c([nH]3)c(=O)n(Cc3ccccc3F)c(=O)n4CC3CC3)cc2)cn1. The third-order valence-electron chi connectivity index (χ3n) is 7.49. The first kappa shape index (κ1) is 26.4. The number of aromatic nitrogens is 5. The van der Waals surface area contributed by atoms with Crippen LogP contribution < -0.4 is 16.1 Å². The summed E-state index contributed by atoms with van der Waals surface area (Å²) < 4.78 is 17.0. The molecule has 3 heterocycles. The maximum atomic E-state index is 14.4. The first-order valence-corrected chi connectivity index (χ1v) is 13.5. The summed E-state index contributed by atoms with van der Waals surface area (Å²) in [5.41, 5.74) is 2.77. The molecule has 3 aromatic heterocycles. The standard InChI is InChI=1S/C31H29FN6O3/c1-19-7-12-22(16-33-19)29(39)36(2)24-13-10-20(11-14-24)15-26-34-27-28(35-26)37(17-21-8-9-21)31(41)38(30(27)40)18-23-5-3-4-6-25(23)32/h3-7,10-14,16,21H,8-9,15,17-18H2,1-2H3,(H,34,35). The van der Waals surface area contributed by atoms with Crippen molar-refractivity contribution in [1.29, 1.82) is 0 Å². The molecule has 41 heavy (non-hydrogen) atoms. The van der Waals surface area contributed by atoms with Gasteiger partial charge in [-0.3, -0.25) is 23.7 Å². The highest BCUT2D eigenvalue weighted by atomic mass is 19.1. The van der Waals surface area contributed by atoms with E-state index in [0.29, 0.717) is 35.9 Å². The van der Waals surface area contributed by atoms with E-state index in [9.17, 15) is 18.8 Å². The van der Waals surface area contributed by atoms with Gasteiger partial charge in [-0.1, -0.05) is 30.3 Å². The minimum Gasteiger partial charge on any atom is -0.336 e. The molecule has 6 rings (SSSR count). The molecule has 0 saturated heterocycles. The number of carbonyl (C=O) groups is 1. The minimum absolute atomic E-state index is 0.161. The van der Waals surface area contributed by atoms with Crippen molar-refractivity contribution in [2.45, 2.75) is 39.3 Å². The fourth-order valence-corrected chi connectivity index (χ4v) is 4.89. The van der Waals surface area contributed by atoms with Crippen LogP contribution in [0.3, 0.4) is 0 Å². The molecular weight excluding hydrogens is 523 g/mol. The van der Waals surface area contributed by atoms with Gasteiger partial charge in [0.25, 0.3) is 11.5 Å². The van der Waals surface area contributed by atoms with Gasteiger partial charge in [-0.25, -0.2) is 14.2 Å². The normalized spacial score (nSPS) is 13.0. The lowest BCUT2D eigenvalue weighted by Crippen LogP contribution is -2.40. The van der Waals surface area contributed by atoms with Crippen LogP contribution in [0.5, 0.6) is 0 Å². The largest absolute Gasteiger partial charge is 0.336 e. The molecule has 9 nitrogen and oxygen atoms in total. The van der Waals surface area contributed by atoms with E-state index >= 15 is 0 Å². The molecule has 1 aliphatic rings. The van der Waals surface area contributed by atoms with E-state index in [2.05, 4.69) is 15.0 Å². The van der Waals surface area contributed by atoms with Crippen molar-refractivity contribution in [2.75, 3.05) is 11.9 Å². The van der Waals surface area contributed by atoms with E-state index < -0.39 is 17.1 Å². The van der Waals surface area contributed by atoms with Crippen molar-refractivity contribution in [1.82, 2.24) is 24.1 Å². The number of amides is 1. The summed E-state index contributed by atoms with van der Waals surface area (Å²) in [5.74, 6) is 0.262. The van der Waals surface area contributed by atoms with Gasteiger partial charge in [0.05, 0.1) is 12.1 Å². The van der Waals surface area contributed by atoms with Gasteiger partial charge >= 0.3 is 5.69 Å². The molecule has 0 unspecified atom stereocenters. The Balaban J connectivity index is 1.29. The molecule has 1 saturated carbocycles. The zero-order valence-corrected chi connectivity index (χ0v) is 22.8. The average Bonchev–Trinajstić information content (AvgIpc) is 3.71. The topological polar surface area (TPSA) is 106 Å². The molecule has 1 aliphatic carbocycles. The number of anilines is 1. The number of hydrogen-bond donors (Lipinski definition) is 1. The highest BCUT2D eigenvalue weighted by Gasteiger charge is 2.26. The number of rotatable bonds is 8. The first-order chi connectivity index (χ1) is 19.8. The Hall–Kier alpha value is -4.86. The Morgan fingerprint density at radius 1 is 1.05 bits per heavy atom. The van der Waals surface area contributed by atoms with Gasteiger partial charge in [0.2, 0.25) is 0 Å². The molecule has 0 radical (unpaired) electrons. The molecule has 10 heteroatoms. The summed E-state index contributed by atoms with van der Waals surface area (Å²) >= 11 is 0. The van der Waals surface area contributed by atoms with Crippen LogP contribution in [0.15, 0.2) is 76.4 Å². The van der Waals surface area contributed by atoms with Crippen LogP contribution in [0.4, 0.5) is 10.1 Å². The predicted octanol–water partition coefficient (Wildman–Crippen LogP) is 4.05. The molecule has 1 N–H and O–H groups in total. The number of aryl methyl sites for hydroxylation is 1. The van der Waals surface area contributed by atoms with Crippen molar-refractivity contribution in [3.8, 4) is 0 Å². The van der Waals surface area contributed by atoms with Gasteiger partial charge in [0.1, 0.15) is 17.2 Å². The summed E-state index contributed by atoms with van der Waals surface area (Å²) in [6.45, 7) is 2.17. The van der Waals surface area contributed by atoms with Crippen LogP contribution >= 0.6 is 0 Å². The van der Waals surface area contributed by atoms with Crippen LogP contribution in [0.2, 0.25) is 0 Å². The van der Waals surface area contributed by atoms with E-state index in [4.69, 9.17) is 0 Å². The number of nitrogens with zero attached hydrogens (tertiary/aromatic N) is 5. The van der Waals surface area contributed by atoms with Crippen LogP contribution in [0.1, 0.15) is 45.8 Å². The number of H-pyrrole nitrogens is 1. The average molecular weight is 553 g/mol. The van der Waals surface area contributed by atoms with Gasteiger partial charge in [0, 0.05) is 43.2 Å². The Bertz CT molecular complexity index is 1870. The second kappa shape index (κ2) is 10.6. The third kappa shape index (κ3) is 5.32. The zero-order valence-electron chi connectivity index (χ0n) is 22.8. The fraction of sp³-hybridized carbons (Fsp3) is 0.258. The second-order valence-electron chi connectivity index (χ2n) is 10.6. The smallest absolute Gasteiger partial charge is 0.333 e. The molecule has 5 aromatic rings. The van der Waals surface area contributed by atoms with Crippen molar-refractivity contribution >= 4 is 22.8 Å². The van der Waals surface area contributed by atoms with Crippen molar-refractivity contribution in [3.63, 3.8) is 0 Å². The lowest BCUT2D eigenvalue weighted by molar-refractivity contribution is 0.0992. The minimum atomic E-state index is -0.528. The maximum absolute atomic E-state index is 14.4. The number of aromatic amines is 1. The van der Waals surface area contributed by atoms with Crippen LogP contribution in [-0.2, 0) is 19.5 Å². The fourth-order valence-electron chi connectivity index (χ4n) is 4.89. The molecule has 0 bridgehead atoms. The number of imidazole rings is 1. The highest BCUT2D eigenvalue weighted by molar-refractivity contribution is 6.05. The number of fused-ring (bicyclic) bond motifs is 1. The summed E-state index contributed by atoms with van der Waals surface area (Å²) in [4.78, 5) is 53.3. The van der Waals surface area contributed by atoms with Gasteiger partial charge in [-0.2, -0.15) is 0 Å². The lowest BCUT2D eigenvalue weighted by Gasteiger charge is -2.17. The highest BCUT2D eigenvalue weighted by Crippen LogP contribution is 2.30. The summed E-state index contributed by atoms with van der Waals surface area (Å²) in [6.07, 6.45) is 3.98. The monoisotopic (exact) mass is 552 g/mol. The molecule has 1 amide bonds. The number of hydrogen-bond acceptors (Lipinski definition) is 5. The van der Waals surface area contributed by atoms with Gasteiger partial charge in [-0.05, 0) is 61.6 Å². The molecule has 1 fully saturated rings. The van der Waals surface area contributed by atoms with Crippen LogP contribution in [0, 0.1) is 18.7 Å². The molecule has 0 aliphatic heterocycles. The Labute approximate surface area is 234 Å². The van der Waals surface area contributed by atoms with Crippen molar-refractivity contribution < 1.29 is 9.18 Å². The number of halogens is 1. The quantitative estimate of drug-likeness (QED) is 0.313. The summed E-state index contributed by atoms with van der Waals surface area (Å²) in [6, 6.07) is 17.2. The number of pyridine rings is 1. The molecule has 2 aromatic carbocycles. The first-order valence-electron chi connectivity index (χ1n) is 13.5. The maximum Gasteiger partial charge on any atom is 0.333 e. The summed E-state index contributed by atoms with van der Waals surface area (Å²) in [7, 11) is 1.71. The number of benzene rings is 2. The van der Waals surface area contributed by atoms with E-state index in [1.54, 1.807) is 53.0 Å². The van der Waals surface area contributed by atoms with Gasteiger partial charge in [-0.15, -0.1) is 0 Å². The number of nitrogens with one attached hydrogen (secondary N) is 1. The number of carbonyl (C=O) groups excluding carboxylic acids is 1. The van der Waals surface area contributed by atoms with E-state index in [1.165, 1.54) is 6.07 Å².